The van der Waals surface area contributed by atoms with Crippen molar-refractivity contribution >= 4 is 38.8 Å². The molecule has 11 heteroatoms. The number of aryl methyl sites for hydroxylation is 1. The van der Waals surface area contributed by atoms with E-state index in [2.05, 4.69) is 12.2 Å². The van der Waals surface area contributed by atoms with Crippen LogP contribution < -0.4 is 9.62 Å². The summed E-state index contributed by atoms with van der Waals surface area (Å²) in [7, 11) is -2.21. The Bertz CT molecular complexity index is 1550. The number of nitrogens with one attached hydrogen (secondary N) is 1. The van der Waals surface area contributed by atoms with Crippen molar-refractivity contribution in [2.45, 2.75) is 57.8 Å². The number of hydrogen-bond donors (Lipinski definition) is 2. The monoisotopic (exact) mass is 583 g/mol. The van der Waals surface area contributed by atoms with Crippen molar-refractivity contribution in [1.82, 2.24) is 10.3 Å². The highest BCUT2D eigenvalue weighted by atomic mass is 32.2. The fourth-order valence-corrected chi connectivity index (χ4v) is 6.61. The SMILES string of the molecule is CCc1ccc(-c2oc3nc(N(CCCC4(C(=O)O)CCOCC4)S(C)(=O)=O)c(C4CC4)cc3c2C(=O)NC)cc1. The normalized spacial score (nSPS) is 17.0. The van der Waals surface area contributed by atoms with Gasteiger partial charge in [0.1, 0.15) is 11.6 Å². The summed E-state index contributed by atoms with van der Waals surface area (Å²) in [5.74, 6) is -0.412. The minimum atomic E-state index is -3.76. The molecule has 220 valence electrons. The molecule has 0 radical (unpaired) electrons. The highest BCUT2D eigenvalue weighted by Gasteiger charge is 2.40. The van der Waals surface area contributed by atoms with Gasteiger partial charge in [0.15, 0.2) is 0 Å². The van der Waals surface area contributed by atoms with Crippen molar-refractivity contribution in [3.8, 4) is 11.3 Å². The minimum Gasteiger partial charge on any atom is -0.481 e. The second-order valence-corrected chi connectivity index (χ2v) is 13.0. The Balaban J connectivity index is 1.57. The number of fused-ring (bicyclic) bond motifs is 1. The Labute approximate surface area is 240 Å². The average Bonchev–Trinajstić information content (AvgIpc) is 3.74. The first-order chi connectivity index (χ1) is 19.6. The van der Waals surface area contributed by atoms with Gasteiger partial charge < -0.3 is 19.6 Å². The first kappa shape index (κ1) is 29.1. The first-order valence-corrected chi connectivity index (χ1v) is 16.0. The Morgan fingerprint density at radius 3 is 2.41 bits per heavy atom. The third-order valence-corrected chi connectivity index (χ3v) is 9.50. The fraction of sp³-hybridized carbons (Fsp3) is 0.500. The van der Waals surface area contributed by atoms with E-state index < -0.39 is 21.4 Å². The van der Waals surface area contributed by atoms with Crippen LogP contribution in [0.4, 0.5) is 5.82 Å². The molecule has 1 aliphatic carbocycles. The zero-order valence-electron chi connectivity index (χ0n) is 23.7. The fourth-order valence-electron chi connectivity index (χ4n) is 5.69. The molecule has 5 rings (SSSR count). The van der Waals surface area contributed by atoms with Crippen LogP contribution in [0.15, 0.2) is 34.7 Å². The summed E-state index contributed by atoms with van der Waals surface area (Å²) in [6.45, 7) is 2.90. The number of rotatable bonds is 11. The summed E-state index contributed by atoms with van der Waals surface area (Å²) in [5, 5.41) is 13.2. The van der Waals surface area contributed by atoms with Crippen LogP contribution in [0.25, 0.3) is 22.4 Å². The van der Waals surface area contributed by atoms with Crippen molar-refractivity contribution < 1.29 is 32.3 Å². The first-order valence-electron chi connectivity index (χ1n) is 14.2. The van der Waals surface area contributed by atoms with Crippen LogP contribution in [0.2, 0.25) is 0 Å². The van der Waals surface area contributed by atoms with Crippen molar-refractivity contribution in [3.63, 3.8) is 0 Å². The highest BCUT2D eigenvalue weighted by molar-refractivity contribution is 7.92. The molecule has 2 aliphatic rings. The Morgan fingerprint density at radius 1 is 1.17 bits per heavy atom. The lowest BCUT2D eigenvalue weighted by atomic mass is 9.76. The van der Waals surface area contributed by atoms with Gasteiger partial charge in [-0.15, -0.1) is 0 Å². The highest BCUT2D eigenvalue weighted by Crippen LogP contribution is 2.47. The zero-order valence-corrected chi connectivity index (χ0v) is 24.6. The number of pyridine rings is 1. The molecule has 2 aromatic heterocycles. The Morgan fingerprint density at radius 2 is 1.85 bits per heavy atom. The van der Waals surface area contributed by atoms with E-state index in [0.717, 1.165) is 42.2 Å². The molecule has 0 unspecified atom stereocenters. The summed E-state index contributed by atoms with van der Waals surface area (Å²) in [6.07, 6.45) is 5.26. The number of carbonyl (C=O) groups excluding carboxylic acids is 1. The quantitative estimate of drug-likeness (QED) is 0.331. The van der Waals surface area contributed by atoms with E-state index >= 15 is 0 Å². The third kappa shape index (κ3) is 5.83. The molecule has 0 spiro atoms. The molecule has 1 saturated heterocycles. The molecule has 3 heterocycles. The number of hydrogen-bond acceptors (Lipinski definition) is 7. The molecule has 0 atom stereocenters. The predicted octanol–water partition coefficient (Wildman–Crippen LogP) is 4.72. The van der Waals surface area contributed by atoms with Gasteiger partial charge in [-0.05, 0) is 68.1 Å². The average molecular weight is 584 g/mol. The van der Waals surface area contributed by atoms with E-state index in [1.165, 1.54) is 4.31 Å². The van der Waals surface area contributed by atoms with Gasteiger partial charge in [-0.1, -0.05) is 31.2 Å². The lowest BCUT2D eigenvalue weighted by Gasteiger charge is -2.34. The van der Waals surface area contributed by atoms with Gasteiger partial charge in [0.25, 0.3) is 5.91 Å². The number of carboxylic acids is 1. The maximum atomic E-state index is 13.1. The summed E-state index contributed by atoms with van der Waals surface area (Å²) < 4.78 is 39.1. The lowest BCUT2D eigenvalue weighted by molar-refractivity contribution is -0.155. The summed E-state index contributed by atoms with van der Waals surface area (Å²) in [4.78, 5) is 30.0. The van der Waals surface area contributed by atoms with E-state index in [1.807, 2.05) is 30.3 Å². The number of ether oxygens (including phenoxy) is 1. The van der Waals surface area contributed by atoms with E-state index in [4.69, 9.17) is 14.1 Å². The van der Waals surface area contributed by atoms with Crippen LogP contribution in [0.5, 0.6) is 0 Å². The van der Waals surface area contributed by atoms with E-state index in [9.17, 15) is 23.1 Å². The molecular weight excluding hydrogens is 546 g/mol. The van der Waals surface area contributed by atoms with Crippen molar-refractivity contribution in [2.75, 3.05) is 37.4 Å². The maximum absolute atomic E-state index is 13.1. The molecule has 1 saturated carbocycles. The second-order valence-electron chi connectivity index (χ2n) is 11.1. The number of nitrogens with zero attached hydrogens (tertiary/aromatic N) is 2. The predicted molar refractivity (Wildman–Crippen MR) is 156 cm³/mol. The minimum absolute atomic E-state index is 0.0846. The molecule has 0 bridgehead atoms. The molecule has 10 nitrogen and oxygen atoms in total. The molecule has 3 aromatic rings. The van der Waals surface area contributed by atoms with Gasteiger partial charge in [-0.3, -0.25) is 13.9 Å². The van der Waals surface area contributed by atoms with E-state index in [-0.39, 0.29) is 29.9 Å². The number of sulfonamides is 1. The van der Waals surface area contributed by atoms with Crippen molar-refractivity contribution in [3.05, 3.63) is 47.0 Å². The van der Waals surface area contributed by atoms with Gasteiger partial charge in [-0.2, -0.15) is 4.98 Å². The van der Waals surface area contributed by atoms with Gasteiger partial charge in [0.2, 0.25) is 15.7 Å². The van der Waals surface area contributed by atoms with Gasteiger partial charge in [0, 0.05) is 32.4 Å². The van der Waals surface area contributed by atoms with Crippen molar-refractivity contribution in [2.24, 2.45) is 5.41 Å². The van der Waals surface area contributed by atoms with E-state index in [1.54, 1.807) is 7.05 Å². The molecule has 2 fully saturated rings. The van der Waals surface area contributed by atoms with Crippen LogP contribution in [0, 0.1) is 5.41 Å². The molecule has 41 heavy (non-hydrogen) atoms. The smallest absolute Gasteiger partial charge is 0.309 e. The van der Waals surface area contributed by atoms with Crippen LogP contribution >= 0.6 is 0 Å². The second kappa shape index (κ2) is 11.4. The molecule has 1 amide bonds. The zero-order chi connectivity index (χ0) is 29.4. The number of carbonyl (C=O) groups is 2. The lowest BCUT2D eigenvalue weighted by Crippen LogP contribution is -2.39. The number of amides is 1. The number of anilines is 1. The Hall–Kier alpha value is -3.44. The van der Waals surface area contributed by atoms with E-state index in [0.29, 0.717) is 55.6 Å². The number of carboxylic acid groups (broad SMARTS) is 1. The summed E-state index contributed by atoms with van der Waals surface area (Å²) >= 11 is 0. The van der Waals surface area contributed by atoms with Crippen molar-refractivity contribution in [1.29, 1.82) is 0 Å². The topological polar surface area (TPSA) is 139 Å². The van der Waals surface area contributed by atoms with Crippen LogP contribution in [0.3, 0.4) is 0 Å². The summed E-state index contributed by atoms with van der Waals surface area (Å²) in [5.41, 5.74) is 2.24. The maximum Gasteiger partial charge on any atom is 0.309 e. The van der Waals surface area contributed by atoms with Gasteiger partial charge in [-0.25, -0.2) is 8.42 Å². The number of furan rings is 1. The summed E-state index contributed by atoms with van der Waals surface area (Å²) in [6, 6.07) is 9.63. The van der Waals surface area contributed by atoms with Gasteiger partial charge >= 0.3 is 5.97 Å². The molecule has 2 N–H and O–H groups in total. The number of benzene rings is 1. The molecule has 1 aliphatic heterocycles. The number of aliphatic carboxylic acids is 1. The van der Waals surface area contributed by atoms with Crippen LogP contribution in [-0.4, -0.2) is 63.4 Å². The number of aromatic nitrogens is 1. The standard InChI is InChI=1S/C30H37N3O7S/c1-4-19-6-8-21(9-7-19)25-24(27(34)31-2)23-18-22(20-10-11-20)26(32-28(23)40-25)33(41(3,37)38)15-5-12-30(29(35)36)13-16-39-17-14-30/h6-9,18,20H,4-5,10-17H2,1-3H3,(H,31,34)(H,35,36). The molecule has 1 aromatic carbocycles. The molecular formula is C30H37N3O7S. The Kier molecular flexibility index (Phi) is 8.11. The van der Waals surface area contributed by atoms with Crippen LogP contribution in [0.1, 0.15) is 72.9 Å². The largest absolute Gasteiger partial charge is 0.481 e. The van der Waals surface area contributed by atoms with Gasteiger partial charge in [0.05, 0.1) is 22.6 Å². The van der Waals surface area contributed by atoms with Crippen LogP contribution in [-0.2, 0) is 26.0 Å². The third-order valence-electron chi connectivity index (χ3n) is 8.34.